The first kappa shape index (κ1) is 19.8. The van der Waals surface area contributed by atoms with Gasteiger partial charge in [-0.15, -0.1) is 0 Å². The summed E-state index contributed by atoms with van der Waals surface area (Å²) in [5.41, 5.74) is -0.194. The lowest BCUT2D eigenvalue weighted by Crippen LogP contribution is -2.58. The average molecular weight is 441 g/mol. The van der Waals surface area contributed by atoms with E-state index in [4.69, 9.17) is 11.6 Å². The van der Waals surface area contributed by atoms with Gasteiger partial charge in [0.1, 0.15) is 5.82 Å². The number of piperazine rings is 1. The van der Waals surface area contributed by atoms with Crippen molar-refractivity contribution >= 4 is 27.5 Å². The number of carbonyl (C=O) groups excluding carboxylic acids is 1. The van der Waals surface area contributed by atoms with Gasteiger partial charge in [-0.3, -0.25) is 4.79 Å². The number of nitrogens with zero attached hydrogens (tertiary/aromatic N) is 2. The van der Waals surface area contributed by atoms with Gasteiger partial charge in [0.2, 0.25) is 15.9 Å². The van der Waals surface area contributed by atoms with Crippen LogP contribution < -0.4 is 0 Å². The molecule has 0 radical (unpaired) electrons. The maximum Gasteiger partial charge on any atom is 0.243 e. The monoisotopic (exact) mass is 440 g/mol. The van der Waals surface area contributed by atoms with Gasteiger partial charge in [0.15, 0.2) is 0 Å². The third kappa shape index (κ3) is 3.29. The van der Waals surface area contributed by atoms with Crippen LogP contribution in [0.5, 0.6) is 0 Å². The Morgan fingerprint density at radius 3 is 2.07 bits per heavy atom. The Bertz CT molecular complexity index is 908. The van der Waals surface area contributed by atoms with E-state index >= 15 is 0 Å². The fourth-order valence-electron chi connectivity index (χ4n) is 6.63. The zero-order valence-electron chi connectivity index (χ0n) is 16.3. The van der Waals surface area contributed by atoms with E-state index in [2.05, 4.69) is 0 Å². The number of amides is 1. The number of benzene rings is 1. The number of halogens is 2. The number of rotatable bonds is 3. The summed E-state index contributed by atoms with van der Waals surface area (Å²) < 4.78 is 40.5. The van der Waals surface area contributed by atoms with Crippen LogP contribution >= 0.6 is 11.6 Å². The SMILES string of the molecule is O=C(N1CCN(S(=O)(=O)c2ccc(F)c(Cl)c2)CC1)C12CC3CC(CC(C3)C1)C2. The highest BCUT2D eigenvalue weighted by molar-refractivity contribution is 7.89. The molecule has 4 aliphatic carbocycles. The largest absolute Gasteiger partial charge is 0.340 e. The fourth-order valence-corrected chi connectivity index (χ4v) is 8.32. The van der Waals surface area contributed by atoms with Crippen LogP contribution in [0.2, 0.25) is 5.02 Å². The molecule has 1 amide bonds. The topological polar surface area (TPSA) is 57.7 Å². The second-order valence-corrected chi connectivity index (χ2v) is 11.8. The van der Waals surface area contributed by atoms with E-state index in [1.807, 2.05) is 4.90 Å². The third-order valence-corrected chi connectivity index (χ3v) is 9.73. The lowest BCUT2D eigenvalue weighted by molar-refractivity contribution is -0.158. The van der Waals surface area contributed by atoms with Crippen molar-refractivity contribution < 1.29 is 17.6 Å². The molecule has 5 nitrogen and oxygen atoms in total. The van der Waals surface area contributed by atoms with Crippen LogP contribution in [-0.4, -0.2) is 49.7 Å². The molecule has 0 aromatic heterocycles. The van der Waals surface area contributed by atoms with Crippen molar-refractivity contribution in [3.05, 3.63) is 29.0 Å². The first-order chi connectivity index (χ1) is 13.8. The number of hydrogen-bond donors (Lipinski definition) is 0. The molecular formula is C21H26ClFN2O3S. The summed E-state index contributed by atoms with van der Waals surface area (Å²) in [4.78, 5) is 15.3. The molecule has 158 valence electrons. The minimum absolute atomic E-state index is 0.00948. The molecule has 0 atom stereocenters. The summed E-state index contributed by atoms with van der Waals surface area (Å²) in [6.45, 7) is 1.34. The predicted molar refractivity (Wildman–Crippen MR) is 107 cm³/mol. The fraction of sp³-hybridized carbons (Fsp3) is 0.667. The molecule has 0 unspecified atom stereocenters. The second kappa shape index (κ2) is 6.92. The molecule has 0 N–H and O–H groups in total. The van der Waals surface area contributed by atoms with Crippen molar-refractivity contribution in [3.63, 3.8) is 0 Å². The Morgan fingerprint density at radius 1 is 1.00 bits per heavy atom. The van der Waals surface area contributed by atoms with Crippen molar-refractivity contribution in [1.29, 1.82) is 0 Å². The molecule has 4 saturated carbocycles. The van der Waals surface area contributed by atoms with Crippen LogP contribution in [0.15, 0.2) is 23.1 Å². The third-order valence-electron chi connectivity index (χ3n) is 7.55. The second-order valence-electron chi connectivity index (χ2n) is 9.47. The van der Waals surface area contributed by atoms with Gasteiger partial charge in [-0.1, -0.05) is 11.6 Å². The quantitative estimate of drug-likeness (QED) is 0.722. The van der Waals surface area contributed by atoms with Gasteiger partial charge in [-0.25, -0.2) is 12.8 Å². The van der Waals surface area contributed by atoms with Gasteiger partial charge in [-0.2, -0.15) is 4.31 Å². The van der Waals surface area contributed by atoms with Gasteiger partial charge >= 0.3 is 0 Å². The summed E-state index contributed by atoms with van der Waals surface area (Å²) in [5.74, 6) is 1.72. The zero-order valence-corrected chi connectivity index (χ0v) is 17.9. The van der Waals surface area contributed by atoms with E-state index in [0.29, 0.717) is 30.8 Å². The first-order valence-electron chi connectivity index (χ1n) is 10.5. The highest BCUT2D eigenvalue weighted by Crippen LogP contribution is 2.60. The lowest BCUT2D eigenvalue weighted by Gasteiger charge is -2.57. The smallest absolute Gasteiger partial charge is 0.243 e. The molecule has 5 aliphatic rings. The van der Waals surface area contributed by atoms with Crippen LogP contribution in [-0.2, 0) is 14.8 Å². The molecule has 1 aromatic carbocycles. The maximum absolute atomic E-state index is 13.5. The molecule has 5 fully saturated rings. The van der Waals surface area contributed by atoms with E-state index in [-0.39, 0.29) is 34.3 Å². The number of carbonyl (C=O) groups is 1. The summed E-state index contributed by atoms with van der Waals surface area (Å²) in [6.07, 6.45) is 6.93. The zero-order chi connectivity index (χ0) is 20.4. The Morgan fingerprint density at radius 2 is 1.55 bits per heavy atom. The molecule has 29 heavy (non-hydrogen) atoms. The summed E-state index contributed by atoms with van der Waals surface area (Å²) in [7, 11) is -3.75. The highest BCUT2D eigenvalue weighted by Gasteiger charge is 2.55. The molecule has 8 heteroatoms. The van der Waals surface area contributed by atoms with E-state index in [0.717, 1.165) is 31.4 Å². The van der Waals surface area contributed by atoms with Gasteiger partial charge < -0.3 is 4.90 Å². The number of sulfonamides is 1. The van der Waals surface area contributed by atoms with Gasteiger partial charge in [-0.05, 0) is 74.5 Å². The Kier molecular flexibility index (Phi) is 4.72. The minimum Gasteiger partial charge on any atom is -0.340 e. The number of hydrogen-bond acceptors (Lipinski definition) is 3. The first-order valence-corrected chi connectivity index (χ1v) is 12.3. The van der Waals surface area contributed by atoms with E-state index in [1.165, 1.54) is 29.6 Å². The van der Waals surface area contributed by atoms with E-state index < -0.39 is 15.8 Å². The van der Waals surface area contributed by atoms with Crippen LogP contribution in [0.4, 0.5) is 4.39 Å². The summed E-state index contributed by atoms with van der Waals surface area (Å²) >= 11 is 5.76. The van der Waals surface area contributed by atoms with Crippen molar-refractivity contribution in [1.82, 2.24) is 9.21 Å². The molecule has 1 saturated heterocycles. The molecule has 1 aliphatic heterocycles. The standard InChI is InChI=1S/C21H26ClFN2O3S/c22-18-10-17(1-2-19(18)23)29(27,28)25-5-3-24(4-6-25)20(26)21-11-14-7-15(12-21)9-16(8-14)13-21/h1-2,10,14-16H,3-9,11-13H2. The molecule has 0 spiro atoms. The summed E-state index contributed by atoms with van der Waals surface area (Å²) in [6, 6.07) is 3.46. The molecular weight excluding hydrogens is 415 g/mol. The average Bonchev–Trinajstić information content (AvgIpc) is 2.68. The summed E-state index contributed by atoms with van der Waals surface area (Å²) in [5, 5.41) is -0.207. The van der Waals surface area contributed by atoms with Gasteiger partial charge in [0.25, 0.3) is 0 Å². The predicted octanol–water partition coefficient (Wildman–Crippen LogP) is 3.53. The molecule has 6 rings (SSSR count). The van der Waals surface area contributed by atoms with Gasteiger partial charge in [0, 0.05) is 26.2 Å². The maximum atomic E-state index is 13.5. The highest BCUT2D eigenvalue weighted by atomic mass is 35.5. The lowest BCUT2D eigenvalue weighted by atomic mass is 9.49. The Balaban J connectivity index is 1.28. The molecule has 4 bridgehead atoms. The van der Waals surface area contributed by atoms with Crippen molar-refractivity contribution in [2.45, 2.75) is 43.4 Å². The Labute approximate surface area is 176 Å². The van der Waals surface area contributed by atoms with Crippen LogP contribution in [0.25, 0.3) is 0 Å². The van der Waals surface area contributed by atoms with Crippen molar-refractivity contribution in [3.8, 4) is 0 Å². The van der Waals surface area contributed by atoms with Crippen molar-refractivity contribution in [2.75, 3.05) is 26.2 Å². The van der Waals surface area contributed by atoms with Crippen molar-refractivity contribution in [2.24, 2.45) is 23.2 Å². The van der Waals surface area contributed by atoms with Crippen LogP contribution in [0, 0.1) is 29.0 Å². The molecule has 1 aromatic rings. The normalized spacial score (nSPS) is 34.6. The van der Waals surface area contributed by atoms with Gasteiger partial charge in [0.05, 0.1) is 15.3 Å². The van der Waals surface area contributed by atoms with E-state index in [1.54, 1.807) is 0 Å². The van der Waals surface area contributed by atoms with E-state index in [9.17, 15) is 17.6 Å². The Hall–Kier alpha value is -1.18. The molecule has 1 heterocycles. The minimum atomic E-state index is -3.75. The van der Waals surface area contributed by atoms with Crippen LogP contribution in [0.1, 0.15) is 38.5 Å². The van der Waals surface area contributed by atoms with Crippen LogP contribution in [0.3, 0.4) is 0 Å².